The van der Waals surface area contributed by atoms with Gasteiger partial charge in [0.15, 0.2) is 0 Å². The fourth-order valence-electron chi connectivity index (χ4n) is 0.838. The van der Waals surface area contributed by atoms with Gasteiger partial charge in [-0.25, -0.2) is 0 Å². The van der Waals surface area contributed by atoms with Gasteiger partial charge in [0.25, 0.3) is 0 Å². The zero-order valence-corrected chi connectivity index (χ0v) is 8.38. The van der Waals surface area contributed by atoms with Gasteiger partial charge in [0.2, 0.25) is 0 Å². The van der Waals surface area contributed by atoms with Crippen LogP contribution in [0.2, 0.25) is 0 Å². The van der Waals surface area contributed by atoms with Crippen molar-refractivity contribution >= 4 is 0 Å². The molecule has 1 N–H and O–H groups in total. The van der Waals surface area contributed by atoms with E-state index < -0.39 is 0 Å². The smallest absolute Gasteiger partial charge is 0.107 e. The third-order valence-corrected chi connectivity index (χ3v) is 1.67. The molecule has 0 heterocycles. The first-order valence-corrected chi connectivity index (χ1v) is 4.38. The summed E-state index contributed by atoms with van der Waals surface area (Å²) in [7, 11) is 0. The number of aliphatic hydroxyl groups is 1. The third kappa shape index (κ3) is 5.64. The monoisotopic (exact) mass is 186 g/mol. The summed E-state index contributed by atoms with van der Waals surface area (Å²) in [5.41, 5.74) is -0.340. The second-order valence-electron chi connectivity index (χ2n) is 3.30. The molecule has 0 spiro atoms. The molecule has 1 unspecified atom stereocenters. The number of ether oxygens (including phenoxy) is 2. The third-order valence-electron chi connectivity index (χ3n) is 1.67. The standard InChI is InChI=1S/C10H18O3/c1-4-6-13-9-10(3,7-11)8-12-5-2/h1,11H,5-9H2,2-3H3. The number of rotatable bonds is 7. The maximum atomic E-state index is 9.10. The Morgan fingerprint density at radius 2 is 2.00 bits per heavy atom. The Balaban J connectivity index is 3.75. The molecule has 0 saturated heterocycles. The number of hydrogen-bond acceptors (Lipinski definition) is 3. The summed E-state index contributed by atoms with van der Waals surface area (Å²) in [6.45, 7) is 5.70. The summed E-state index contributed by atoms with van der Waals surface area (Å²) in [4.78, 5) is 0. The van der Waals surface area contributed by atoms with Crippen molar-refractivity contribution < 1.29 is 14.6 Å². The minimum Gasteiger partial charge on any atom is -0.396 e. The van der Waals surface area contributed by atoms with Gasteiger partial charge in [-0.15, -0.1) is 6.42 Å². The van der Waals surface area contributed by atoms with Crippen molar-refractivity contribution in [1.29, 1.82) is 0 Å². The normalized spacial score (nSPS) is 14.9. The molecule has 0 bridgehead atoms. The van der Waals surface area contributed by atoms with Gasteiger partial charge in [-0.05, 0) is 6.92 Å². The Labute approximate surface area is 80.0 Å². The number of aliphatic hydroxyl groups excluding tert-OH is 1. The minimum atomic E-state index is -0.340. The molecule has 0 amide bonds. The van der Waals surface area contributed by atoms with Crippen molar-refractivity contribution in [2.45, 2.75) is 13.8 Å². The zero-order valence-electron chi connectivity index (χ0n) is 8.38. The van der Waals surface area contributed by atoms with E-state index in [0.717, 1.165) is 0 Å². The van der Waals surface area contributed by atoms with Gasteiger partial charge < -0.3 is 14.6 Å². The van der Waals surface area contributed by atoms with Crippen LogP contribution in [0.15, 0.2) is 0 Å². The summed E-state index contributed by atoms with van der Waals surface area (Å²) in [6, 6.07) is 0. The highest BCUT2D eigenvalue weighted by Crippen LogP contribution is 2.16. The van der Waals surface area contributed by atoms with Crippen LogP contribution in [0.3, 0.4) is 0 Å². The van der Waals surface area contributed by atoms with Crippen molar-refractivity contribution in [3.8, 4) is 12.3 Å². The molecule has 3 heteroatoms. The average molecular weight is 186 g/mol. The van der Waals surface area contributed by atoms with E-state index in [0.29, 0.717) is 19.8 Å². The molecule has 0 saturated carbocycles. The first-order valence-electron chi connectivity index (χ1n) is 4.38. The van der Waals surface area contributed by atoms with E-state index in [9.17, 15) is 0 Å². The molecule has 0 aliphatic carbocycles. The van der Waals surface area contributed by atoms with E-state index in [4.69, 9.17) is 21.0 Å². The topological polar surface area (TPSA) is 38.7 Å². The van der Waals surface area contributed by atoms with Crippen LogP contribution in [-0.2, 0) is 9.47 Å². The lowest BCUT2D eigenvalue weighted by molar-refractivity contribution is -0.0314. The van der Waals surface area contributed by atoms with Crippen LogP contribution in [0, 0.1) is 17.8 Å². The summed E-state index contributed by atoms with van der Waals surface area (Å²) in [5, 5.41) is 9.10. The van der Waals surface area contributed by atoms with Crippen LogP contribution >= 0.6 is 0 Å². The van der Waals surface area contributed by atoms with Crippen molar-refractivity contribution in [3.05, 3.63) is 0 Å². The van der Waals surface area contributed by atoms with Crippen molar-refractivity contribution in [2.24, 2.45) is 5.41 Å². The molecular weight excluding hydrogens is 168 g/mol. The predicted molar refractivity (Wildman–Crippen MR) is 51.3 cm³/mol. The minimum absolute atomic E-state index is 0.0393. The Kier molecular flexibility index (Phi) is 6.61. The Hall–Kier alpha value is -0.560. The predicted octanol–water partition coefficient (Wildman–Crippen LogP) is 0.671. The van der Waals surface area contributed by atoms with E-state index in [1.165, 1.54) is 0 Å². The largest absolute Gasteiger partial charge is 0.396 e. The van der Waals surface area contributed by atoms with Crippen molar-refractivity contribution in [2.75, 3.05) is 33.0 Å². The summed E-state index contributed by atoms with van der Waals surface area (Å²) in [5.74, 6) is 2.38. The molecule has 0 radical (unpaired) electrons. The Morgan fingerprint density at radius 3 is 2.46 bits per heavy atom. The van der Waals surface area contributed by atoms with Gasteiger partial charge in [-0.3, -0.25) is 0 Å². The summed E-state index contributed by atoms with van der Waals surface area (Å²) in [6.07, 6.45) is 5.03. The second-order valence-corrected chi connectivity index (χ2v) is 3.30. The molecule has 76 valence electrons. The van der Waals surface area contributed by atoms with E-state index in [1.807, 2.05) is 13.8 Å². The Bertz CT molecular complexity index is 162. The van der Waals surface area contributed by atoms with E-state index in [-0.39, 0.29) is 18.6 Å². The quantitative estimate of drug-likeness (QED) is 0.469. The molecule has 0 aromatic carbocycles. The molecule has 0 aliphatic heterocycles. The molecule has 0 aromatic rings. The number of hydrogen-bond donors (Lipinski definition) is 1. The average Bonchev–Trinajstić information content (AvgIpc) is 2.15. The molecular formula is C10H18O3. The molecule has 0 aromatic heterocycles. The first kappa shape index (κ1) is 12.4. The van der Waals surface area contributed by atoms with E-state index in [1.54, 1.807) is 0 Å². The summed E-state index contributed by atoms with van der Waals surface area (Å²) < 4.78 is 10.4. The van der Waals surface area contributed by atoms with Gasteiger partial charge in [0, 0.05) is 12.0 Å². The molecule has 1 atom stereocenters. The van der Waals surface area contributed by atoms with Crippen LogP contribution in [-0.4, -0.2) is 38.1 Å². The fraction of sp³-hybridized carbons (Fsp3) is 0.800. The van der Waals surface area contributed by atoms with Gasteiger partial charge in [-0.2, -0.15) is 0 Å². The van der Waals surface area contributed by atoms with Crippen molar-refractivity contribution in [1.82, 2.24) is 0 Å². The van der Waals surface area contributed by atoms with Crippen LogP contribution < -0.4 is 0 Å². The van der Waals surface area contributed by atoms with Gasteiger partial charge in [0.05, 0.1) is 19.8 Å². The molecule has 0 rings (SSSR count). The molecule has 0 fully saturated rings. The molecule has 3 nitrogen and oxygen atoms in total. The fourth-order valence-corrected chi connectivity index (χ4v) is 0.838. The number of terminal acetylenes is 1. The summed E-state index contributed by atoms with van der Waals surface area (Å²) >= 11 is 0. The van der Waals surface area contributed by atoms with Crippen LogP contribution in [0.4, 0.5) is 0 Å². The molecule has 13 heavy (non-hydrogen) atoms. The van der Waals surface area contributed by atoms with Gasteiger partial charge >= 0.3 is 0 Å². The lowest BCUT2D eigenvalue weighted by Gasteiger charge is -2.25. The van der Waals surface area contributed by atoms with Crippen molar-refractivity contribution in [3.63, 3.8) is 0 Å². The zero-order chi connectivity index (χ0) is 10.2. The van der Waals surface area contributed by atoms with Crippen LogP contribution in [0.1, 0.15) is 13.8 Å². The van der Waals surface area contributed by atoms with Crippen LogP contribution in [0.25, 0.3) is 0 Å². The highest BCUT2D eigenvalue weighted by atomic mass is 16.5. The highest BCUT2D eigenvalue weighted by Gasteiger charge is 2.23. The van der Waals surface area contributed by atoms with Crippen LogP contribution in [0.5, 0.6) is 0 Å². The Morgan fingerprint density at radius 1 is 1.38 bits per heavy atom. The van der Waals surface area contributed by atoms with Gasteiger partial charge in [0.1, 0.15) is 6.61 Å². The van der Waals surface area contributed by atoms with Gasteiger partial charge in [-0.1, -0.05) is 12.8 Å². The maximum Gasteiger partial charge on any atom is 0.107 e. The lowest BCUT2D eigenvalue weighted by atomic mass is 9.94. The SMILES string of the molecule is C#CCOCC(C)(CO)COCC. The first-order chi connectivity index (χ1) is 6.18. The van der Waals surface area contributed by atoms with E-state index >= 15 is 0 Å². The second kappa shape index (κ2) is 6.90. The maximum absolute atomic E-state index is 9.10. The van der Waals surface area contributed by atoms with E-state index in [2.05, 4.69) is 5.92 Å². The lowest BCUT2D eigenvalue weighted by Crippen LogP contribution is -2.33. The highest BCUT2D eigenvalue weighted by molar-refractivity contribution is 4.83. The molecule has 0 aliphatic rings.